The van der Waals surface area contributed by atoms with Gasteiger partial charge in [-0.2, -0.15) is 0 Å². The highest BCUT2D eigenvalue weighted by Gasteiger charge is 2.18. The lowest BCUT2D eigenvalue weighted by atomic mass is 10.2. The molecule has 8 heteroatoms. The maximum Gasteiger partial charge on any atom is 0.257 e. The molecule has 1 aromatic rings. The number of amidine groups is 1. The molecule has 7 nitrogen and oxygen atoms in total. The predicted octanol–water partition coefficient (Wildman–Crippen LogP) is -0.597. The number of hydrogen-bond acceptors (Lipinski definition) is 4. The highest BCUT2D eigenvalue weighted by Crippen LogP contribution is 2.04. The summed E-state index contributed by atoms with van der Waals surface area (Å²) in [6.07, 6.45) is 2.67. The normalized spacial score (nSPS) is 13.7. The van der Waals surface area contributed by atoms with Crippen LogP contribution in [0.5, 0.6) is 0 Å². The Hall–Kier alpha value is -1.41. The van der Waals surface area contributed by atoms with Crippen LogP contribution in [-0.4, -0.2) is 30.3 Å². The first-order chi connectivity index (χ1) is 6.92. The van der Waals surface area contributed by atoms with E-state index in [1.807, 2.05) is 0 Å². The van der Waals surface area contributed by atoms with E-state index in [4.69, 9.17) is 11.1 Å². The van der Waals surface area contributed by atoms with E-state index in [0.29, 0.717) is 0 Å². The van der Waals surface area contributed by atoms with E-state index < -0.39 is 16.1 Å². The summed E-state index contributed by atoms with van der Waals surface area (Å²) in [4.78, 5) is 6.10. The Kier molecular flexibility index (Phi) is 3.43. The lowest BCUT2D eigenvalue weighted by Gasteiger charge is -2.11. The fourth-order valence-electron chi connectivity index (χ4n) is 1.09. The molecule has 1 rings (SSSR count). The molecule has 0 radical (unpaired) electrons. The summed E-state index contributed by atoms with van der Waals surface area (Å²) >= 11 is 0. The molecule has 0 aromatic carbocycles. The summed E-state index contributed by atoms with van der Waals surface area (Å²) in [5.41, 5.74) is 5.16. The topological polar surface area (TPSA) is 125 Å². The molecule has 0 aliphatic heterocycles. The zero-order chi connectivity index (χ0) is 11.5. The first kappa shape index (κ1) is 11.7. The second-order valence-corrected chi connectivity index (χ2v) is 4.85. The van der Waals surface area contributed by atoms with Gasteiger partial charge in [0.1, 0.15) is 0 Å². The van der Waals surface area contributed by atoms with Gasteiger partial charge in [-0.3, -0.25) is 5.41 Å². The van der Waals surface area contributed by atoms with Crippen molar-refractivity contribution < 1.29 is 8.42 Å². The van der Waals surface area contributed by atoms with Crippen LogP contribution in [-0.2, 0) is 10.0 Å². The molecule has 0 saturated heterocycles. The van der Waals surface area contributed by atoms with E-state index in [0.717, 1.165) is 0 Å². The number of rotatable bonds is 5. The minimum atomic E-state index is -3.58. The van der Waals surface area contributed by atoms with Crippen molar-refractivity contribution in [3.8, 4) is 0 Å². The van der Waals surface area contributed by atoms with E-state index in [2.05, 4.69) is 14.7 Å². The number of H-pyrrole nitrogens is 1. The van der Waals surface area contributed by atoms with Gasteiger partial charge in [-0.15, -0.1) is 0 Å². The van der Waals surface area contributed by atoms with Crippen molar-refractivity contribution in [3.05, 3.63) is 12.5 Å². The third-order valence-corrected chi connectivity index (χ3v) is 3.16. The number of aromatic nitrogens is 2. The van der Waals surface area contributed by atoms with Crippen LogP contribution in [0.15, 0.2) is 17.6 Å². The van der Waals surface area contributed by atoms with Crippen molar-refractivity contribution in [1.29, 1.82) is 5.41 Å². The van der Waals surface area contributed by atoms with Crippen LogP contribution < -0.4 is 10.5 Å². The first-order valence-corrected chi connectivity index (χ1v) is 5.73. The number of imidazole rings is 1. The Labute approximate surface area is 87.7 Å². The monoisotopic (exact) mass is 231 g/mol. The number of nitrogens with two attached hydrogens (primary N) is 1. The molecule has 0 saturated carbocycles. The molecule has 1 unspecified atom stereocenters. The molecular formula is C7H13N5O2S. The van der Waals surface area contributed by atoms with E-state index >= 15 is 0 Å². The van der Waals surface area contributed by atoms with Crippen LogP contribution in [0, 0.1) is 5.41 Å². The molecule has 15 heavy (non-hydrogen) atoms. The Morgan fingerprint density at radius 2 is 2.47 bits per heavy atom. The van der Waals surface area contributed by atoms with Gasteiger partial charge in [0.25, 0.3) is 10.0 Å². The fourth-order valence-corrected chi connectivity index (χ4v) is 2.24. The predicted molar refractivity (Wildman–Crippen MR) is 54.9 cm³/mol. The van der Waals surface area contributed by atoms with Crippen molar-refractivity contribution in [2.45, 2.75) is 24.4 Å². The highest BCUT2D eigenvalue weighted by molar-refractivity contribution is 7.89. The van der Waals surface area contributed by atoms with Crippen LogP contribution in [0.2, 0.25) is 0 Å². The van der Waals surface area contributed by atoms with Crippen molar-refractivity contribution in [2.24, 2.45) is 5.73 Å². The van der Waals surface area contributed by atoms with Crippen LogP contribution in [0.3, 0.4) is 0 Å². The van der Waals surface area contributed by atoms with E-state index in [1.165, 1.54) is 12.5 Å². The van der Waals surface area contributed by atoms with Crippen molar-refractivity contribution in [3.63, 3.8) is 0 Å². The van der Waals surface area contributed by atoms with Crippen LogP contribution in [0.4, 0.5) is 0 Å². The summed E-state index contributed by atoms with van der Waals surface area (Å²) < 4.78 is 25.6. The third kappa shape index (κ3) is 3.33. The van der Waals surface area contributed by atoms with Gasteiger partial charge in [-0.1, -0.05) is 0 Å². The number of nitrogens with one attached hydrogen (secondary N) is 3. The number of hydrogen-bond donors (Lipinski definition) is 4. The SMILES string of the molecule is CC(CC(=N)N)NS(=O)(=O)c1cnc[nH]1. The average Bonchev–Trinajstić information content (AvgIpc) is 2.51. The fraction of sp³-hybridized carbons (Fsp3) is 0.429. The van der Waals surface area contributed by atoms with Gasteiger partial charge in [0.05, 0.1) is 18.4 Å². The lowest BCUT2D eigenvalue weighted by molar-refractivity contribution is 0.561. The van der Waals surface area contributed by atoms with Crippen molar-refractivity contribution in [1.82, 2.24) is 14.7 Å². The van der Waals surface area contributed by atoms with Crippen LogP contribution >= 0.6 is 0 Å². The van der Waals surface area contributed by atoms with Gasteiger partial charge in [0.2, 0.25) is 0 Å². The van der Waals surface area contributed by atoms with Gasteiger partial charge in [0.15, 0.2) is 5.03 Å². The molecule has 0 aliphatic carbocycles. The van der Waals surface area contributed by atoms with Gasteiger partial charge >= 0.3 is 0 Å². The van der Waals surface area contributed by atoms with Gasteiger partial charge < -0.3 is 10.7 Å². The molecule has 1 aromatic heterocycles. The van der Waals surface area contributed by atoms with Crippen molar-refractivity contribution >= 4 is 15.9 Å². The molecule has 0 amide bonds. The number of aromatic amines is 1. The largest absolute Gasteiger partial charge is 0.388 e. The average molecular weight is 231 g/mol. The Balaban J connectivity index is 2.69. The lowest BCUT2D eigenvalue weighted by Crippen LogP contribution is -2.35. The second kappa shape index (κ2) is 4.41. The molecule has 1 atom stereocenters. The van der Waals surface area contributed by atoms with Crippen LogP contribution in [0.25, 0.3) is 0 Å². The smallest absolute Gasteiger partial charge is 0.257 e. The maximum absolute atomic E-state index is 11.6. The number of nitrogens with zero attached hydrogens (tertiary/aromatic N) is 1. The third-order valence-electron chi connectivity index (χ3n) is 1.65. The van der Waals surface area contributed by atoms with Crippen molar-refractivity contribution in [2.75, 3.05) is 0 Å². The maximum atomic E-state index is 11.6. The minimum absolute atomic E-state index is 0.00194. The molecule has 84 valence electrons. The summed E-state index contributed by atoms with van der Waals surface area (Å²) in [5, 5.41) is 7.03. The Morgan fingerprint density at radius 3 is 2.93 bits per heavy atom. The Morgan fingerprint density at radius 1 is 1.80 bits per heavy atom. The molecule has 1 heterocycles. The van der Waals surface area contributed by atoms with Gasteiger partial charge in [0, 0.05) is 12.5 Å². The zero-order valence-corrected chi connectivity index (χ0v) is 9.00. The minimum Gasteiger partial charge on any atom is -0.388 e. The standard InChI is InChI=1S/C7H13N5O2S/c1-5(2-6(8)9)12-15(13,14)7-3-10-4-11-7/h3-5,12H,2H2,1H3,(H3,8,9)(H,10,11). The summed E-state index contributed by atoms with van der Waals surface area (Å²) in [7, 11) is -3.58. The number of sulfonamides is 1. The molecular weight excluding hydrogens is 218 g/mol. The molecule has 5 N–H and O–H groups in total. The molecule has 0 spiro atoms. The molecule has 0 fully saturated rings. The Bertz CT molecular complexity index is 424. The summed E-state index contributed by atoms with van der Waals surface area (Å²) in [6.45, 7) is 1.63. The van der Waals surface area contributed by atoms with Gasteiger partial charge in [-0.05, 0) is 6.92 Å². The van der Waals surface area contributed by atoms with E-state index in [9.17, 15) is 8.42 Å². The summed E-state index contributed by atoms with van der Waals surface area (Å²) in [6, 6.07) is -0.421. The molecule has 0 aliphatic rings. The van der Waals surface area contributed by atoms with Crippen LogP contribution in [0.1, 0.15) is 13.3 Å². The van der Waals surface area contributed by atoms with Gasteiger partial charge in [-0.25, -0.2) is 18.1 Å². The molecule has 0 bridgehead atoms. The van der Waals surface area contributed by atoms with E-state index in [1.54, 1.807) is 6.92 Å². The first-order valence-electron chi connectivity index (χ1n) is 4.25. The summed E-state index contributed by atoms with van der Waals surface area (Å²) in [5.74, 6) is -0.0604. The zero-order valence-electron chi connectivity index (χ0n) is 8.19. The van der Waals surface area contributed by atoms with E-state index in [-0.39, 0.29) is 17.3 Å². The highest BCUT2D eigenvalue weighted by atomic mass is 32.2. The second-order valence-electron chi connectivity index (χ2n) is 3.17. The quantitative estimate of drug-likeness (QED) is 0.399.